The predicted molar refractivity (Wildman–Crippen MR) is 75.6 cm³/mol. The van der Waals surface area contributed by atoms with Gasteiger partial charge in [-0.1, -0.05) is 6.07 Å². The maximum absolute atomic E-state index is 5.44. The molecule has 100 valence electrons. The second kappa shape index (κ2) is 5.62. The summed E-state index contributed by atoms with van der Waals surface area (Å²) in [6.45, 7) is 6.41. The molecular weight excluding hydrogens is 240 g/mol. The Kier molecular flexibility index (Phi) is 3.91. The summed E-state index contributed by atoms with van der Waals surface area (Å²) >= 11 is 0. The van der Waals surface area contributed by atoms with Crippen LogP contribution in [-0.2, 0) is 6.54 Å². The molecule has 2 aromatic rings. The van der Waals surface area contributed by atoms with Crippen LogP contribution in [0.5, 0.6) is 0 Å². The molecule has 6 heteroatoms. The van der Waals surface area contributed by atoms with Gasteiger partial charge in [0, 0.05) is 11.8 Å². The Labute approximate surface area is 112 Å². The Balaban J connectivity index is 2.20. The Morgan fingerprint density at radius 3 is 2.58 bits per heavy atom. The number of rotatable bonds is 4. The molecule has 2 heterocycles. The number of nitrogens with two attached hydrogens (primary N) is 1. The topological polar surface area (TPSA) is 88.8 Å². The highest BCUT2D eigenvalue weighted by atomic mass is 15.3. The van der Waals surface area contributed by atoms with Crippen molar-refractivity contribution >= 4 is 11.6 Å². The number of nitrogens with zero attached hydrogens (tertiary/aromatic N) is 3. The van der Waals surface area contributed by atoms with Crippen LogP contribution < -0.4 is 16.6 Å². The van der Waals surface area contributed by atoms with Crippen LogP contribution in [0.2, 0.25) is 0 Å². The highest BCUT2D eigenvalue weighted by Gasteiger charge is 2.08. The maximum atomic E-state index is 5.44. The Hall–Kier alpha value is -2.21. The summed E-state index contributed by atoms with van der Waals surface area (Å²) in [5.41, 5.74) is 5.62. The van der Waals surface area contributed by atoms with Gasteiger partial charge in [0.1, 0.15) is 17.5 Å². The van der Waals surface area contributed by atoms with E-state index in [1.165, 1.54) is 0 Å². The second-order valence-electron chi connectivity index (χ2n) is 4.36. The number of hydrazine groups is 1. The summed E-state index contributed by atoms with van der Waals surface area (Å²) in [6.07, 6.45) is 1.79. The van der Waals surface area contributed by atoms with Crippen molar-refractivity contribution in [1.82, 2.24) is 15.0 Å². The van der Waals surface area contributed by atoms with Crippen molar-refractivity contribution in [3.05, 3.63) is 41.0 Å². The molecule has 0 fully saturated rings. The van der Waals surface area contributed by atoms with Gasteiger partial charge in [-0.05, 0) is 32.4 Å². The third-order valence-electron chi connectivity index (χ3n) is 2.94. The third kappa shape index (κ3) is 2.97. The van der Waals surface area contributed by atoms with Crippen molar-refractivity contribution in [3.63, 3.8) is 0 Å². The molecule has 19 heavy (non-hydrogen) atoms. The molecule has 0 saturated carbocycles. The van der Waals surface area contributed by atoms with E-state index in [1.807, 2.05) is 32.9 Å². The smallest absolute Gasteiger partial charge is 0.148 e. The molecule has 0 aromatic carbocycles. The van der Waals surface area contributed by atoms with Gasteiger partial charge in [-0.15, -0.1) is 0 Å². The zero-order chi connectivity index (χ0) is 13.8. The van der Waals surface area contributed by atoms with Gasteiger partial charge < -0.3 is 10.7 Å². The fourth-order valence-electron chi connectivity index (χ4n) is 1.81. The van der Waals surface area contributed by atoms with Crippen molar-refractivity contribution in [3.8, 4) is 0 Å². The molecule has 0 amide bonds. The zero-order valence-corrected chi connectivity index (χ0v) is 11.4. The highest BCUT2D eigenvalue weighted by molar-refractivity contribution is 5.56. The van der Waals surface area contributed by atoms with E-state index in [0.717, 1.165) is 22.6 Å². The molecule has 6 nitrogen and oxygen atoms in total. The number of anilines is 2. The average molecular weight is 258 g/mol. The third-order valence-corrected chi connectivity index (χ3v) is 2.94. The highest BCUT2D eigenvalue weighted by Crippen LogP contribution is 2.19. The molecule has 2 aromatic heterocycles. The first-order chi connectivity index (χ1) is 9.11. The van der Waals surface area contributed by atoms with Crippen LogP contribution in [-0.4, -0.2) is 15.0 Å². The van der Waals surface area contributed by atoms with E-state index in [9.17, 15) is 0 Å². The Morgan fingerprint density at radius 1 is 1.16 bits per heavy atom. The van der Waals surface area contributed by atoms with Gasteiger partial charge in [0.2, 0.25) is 0 Å². The van der Waals surface area contributed by atoms with E-state index < -0.39 is 0 Å². The standard InChI is InChI=1S/C13H18N6/c1-8-5-4-6-15-11(8)7-16-12-9(2)13(19-14)18-10(3)17-12/h4-6H,7,14H2,1-3H3,(H2,16,17,18,19). The van der Waals surface area contributed by atoms with Crippen LogP contribution >= 0.6 is 0 Å². The fourth-order valence-corrected chi connectivity index (χ4v) is 1.81. The van der Waals surface area contributed by atoms with E-state index in [-0.39, 0.29) is 0 Å². The molecule has 4 N–H and O–H groups in total. The number of aryl methyl sites for hydroxylation is 2. The van der Waals surface area contributed by atoms with Gasteiger partial charge in [0.05, 0.1) is 12.2 Å². The predicted octanol–water partition coefficient (Wildman–Crippen LogP) is 1.69. The Morgan fingerprint density at radius 2 is 1.89 bits per heavy atom. The van der Waals surface area contributed by atoms with E-state index in [4.69, 9.17) is 5.84 Å². The van der Waals surface area contributed by atoms with Crippen LogP contribution in [0.25, 0.3) is 0 Å². The largest absolute Gasteiger partial charge is 0.364 e. The lowest BCUT2D eigenvalue weighted by Gasteiger charge is -2.12. The van der Waals surface area contributed by atoms with E-state index in [2.05, 4.69) is 25.7 Å². The van der Waals surface area contributed by atoms with Gasteiger partial charge in [0.15, 0.2) is 0 Å². The minimum Gasteiger partial charge on any atom is -0.364 e. The van der Waals surface area contributed by atoms with Crippen LogP contribution in [0, 0.1) is 20.8 Å². The molecular formula is C13H18N6. The second-order valence-corrected chi connectivity index (χ2v) is 4.36. The van der Waals surface area contributed by atoms with E-state index >= 15 is 0 Å². The molecule has 2 rings (SSSR count). The van der Waals surface area contributed by atoms with Crippen molar-refractivity contribution in [2.24, 2.45) is 5.84 Å². The van der Waals surface area contributed by atoms with Crippen molar-refractivity contribution in [2.75, 3.05) is 10.7 Å². The van der Waals surface area contributed by atoms with E-state index in [0.29, 0.717) is 18.2 Å². The summed E-state index contributed by atoms with van der Waals surface area (Å²) in [7, 11) is 0. The number of pyridine rings is 1. The monoisotopic (exact) mass is 258 g/mol. The molecule has 0 aliphatic rings. The normalized spacial score (nSPS) is 10.3. The summed E-state index contributed by atoms with van der Waals surface area (Å²) in [5.74, 6) is 7.51. The lowest BCUT2D eigenvalue weighted by molar-refractivity contribution is 0.968. The minimum atomic E-state index is 0.619. The van der Waals surface area contributed by atoms with Crippen LogP contribution in [0.3, 0.4) is 0 Å². The first-order valence-corrected chi connectivity index (χ1v) is 6.08. The number of hydrogen-bond acceptors (Lipinski definition) is 6. The summed E-state index contributed by atoms with van der Waals surface area (Å²) in [4.78, 5) is 12.9. The first-order valence-electron chi connectivity index (χ1n) is 6.08. The lowest BCUT2D eigenvalue weighted by Crippen LogP contribution is -2.14. The number of nitrogen functional groups attached to an aromatic ring is 1. The van der Waals surface area contributed by atoms with Gasteiger partial charge in [-0.25, -0.2) is 15.8 Å². The quantitative estimate of drug-likeness (QED) is 0.571. The van der Waals surface area contributed by atoms with Crippen molar-refractivity contribution < 1.29 is 0 Å². The SMILES string of the molecule is Cc1nc(NN)c(C)c(NCc2ncccc2C)n1. The van der Waals surface area contributed by atoms with Crippen LogP contribution in [0.4, 0.5) is 11.6 Å². The molecule has 0 atom stereocenters. The van der Waals surface area contributed by atoms with Gasteiger partial charge in [0.25, 0.3) is 0 Å². The maximum Gasteiger partial charge on any atom is 0.148 e. The molecule has 0 aliphatic carbocycles. The number of aromatic nitrogens is 3. The lowest BCUT2D eigenvalue weighted by atomic mass is 10.2. The van der Waals surface area contributed by atoms with Crippen LogP contribution in [0.15, 0.2) is 18.3 Å². The number of hydrogen-bond donors (Lipinski definition) is 3. The van der Waals surface area contributed by atoms with Crippen molar-refractivity contribution in [2.45, 2.75) is 27.3 Å². The number of nitrogens with one attached hydrogen (secondary N) is 2. The first kappa shape index (κ1) is 13.2. The summed E-state index contributed by atoms with van der Waals surface area (Å²) < 4.78 is 0. The molecule has 0 unspecified atom stereocenters. The molecule has 0 spiro atoms. The van der Waals surface area contributed by atoms with Gasteiger partial charge >= 0.3 is 0 Å². The molecule has 0 bridgehead atoms. The van der Waals surface area contributed by atoms with Gasteiger partial charge in [-0.2, -0.15) is 0 Å². The zero-order valence-electron chi connectivity index (χ0n) is 11.4. The van der Waals surface area contributed by atoms with Gasteiger partial charge in [-0.3, -0.25) is 4.98 Å². The summed E-state index contributed by atoms with van der Waals surface area (Å²) in [6, 6.07) is 3.96. The molecule has 0 aliphatic heterocycles. The van der Waals surface area contributed by atoms with Crippen molar-refractivity contribution in [1.29, 1.82) is 0 Å². The molecule has 0 saturated heterocycles. The summed E-state index contributed by atoms with van der Waals surface area (Å²) in [5, 5.41) is 3.28. The average Bonchev–Trinajstić information content (AvgIpc) is 2.41. The fraction of sp³-hybridized carbons (Fsp3) is 0.308. The molecule has 0 radical (unpaired) electrons. The minimum absolute atomic E-state index is 0.619. The Bertz CT molecular complexity index is 581. The van der Waals surface area contributed by atoms with Crippen LogP contribution in [0.1, 0.15) is 22.6 Å². The van der Waals surface area contributed by atoms with E-state index in [1.54, 1.807) is 6.20 Å².